The molecule has 1 heterocycles. The normalized spacial score (nSPS) is 11.1. The highest BCUT2D eigenvalue weighted by molar-refractivity contribution is 6.33. The summed E-state index contributed by atoms with van der Waals surface area (Å²) in [6.07, 6.45) is 1.36. The van der Waals surface area contributed by atoms with Crippen molar-refractivity contribution >= 4 is 40.5 Å². The van der Waals surface area contributed by atoms with Crippen LogP contribution in [0.5, 0.6) is 5.75 Å². The van der Waals surface area contributed by atoms with Gasteiger partial charge in [-0.05, 0) is 47.2 Å². The Morgan fingerprint density at radius 1 is 1.03 bits per heavy atom. The lowest BCUT2D eigenvalue weighted by Gasteiger charge is -2.09. The number of hydrazone groups is 1. The Bertz CT molecular complexity index is 1360. The zero-order chi connectivity index (χ0) is 22.7. The van der Waals surface area contributed by atoms with Gasteiger partial charge in [0.25, 0.3) is 5.91 Å². The van der Waals surface area contributed by atoms with Crippen LogP contribution in [-0.2, 0) is 0 Å². The van der Waals surface area contributed by atoms with Crippen molar-refractivity contribution < 1.29 is 23.8 Å². The molecule has 1 amide bonds. The number of hydrogen-bond donors (Lipinski definition) is 2. The fraction of sp³-hybridized carbons (Fsp3) is 0.0417. The first-order valence-corrected chi connectivity index (χ1v) is 9.87. The number of methoxy groups -OCH3 is 1. The maximum Gasteiger partial charge on any atom is 0.337 e. The van der Waals surface area contributed by atoms with Gasteiger partial charge in [-0.1, -0.05) is 41.9 Å². The number of carbonyl (C=O) groups is 2. The lowest BCUT2D eigenvalue weighted by Crippen LogP contribution is -2.18. The molecule has 0 radical (unpaired) electrons. The van der Waals surface area contributed by atoms with Crippen LogP contribution in [0.1, 0.15) is 26.5 Å². The van der Waals surface area contributed by atoms with E-state index in [-0.39, 0.29) is 10.6 Å². The lowest BCUT2D eigenvalue weighted by atomic mass is 10.1. The predicted octanol–water partition coefficient (Wildman–Crippen LogP) is 5.22. The van der Waals surface area contributed by atoms with E-state index in [0.717, 1.165) is 10.8 Å². The van der Waals surface area contributed by atoms with E-state index in [4.69, 9.17) is 25.9 Å². The highest BCUT2D eigenvalue weighted by Gasteiger charge is 2.14. The standard InChI is InChI=1S/C24H17ClN2O5/c1-31-22-12-15-5-3-2-4-14(15)10-19(22)23(28)27-26-13-17-7-9-21(32-17)16-6-8-18(24(29)30)20(25)11-16/h2-13H,1H3,(H,27,28)(H,29,30). The van der Waals surface area contributed by atoms with Gasteiger partial charge in [0, 0.05) is 5.56 Å². The number of carboxylic acid groups (broad SMARTS) is 1. The molecular weight excluding hydrogens is 432 g/mol. The van der Waals surface area contributed by atoms with Crippen LogP contribution in [0.2, 0.25) is 5.02 Å². The number of nitrogens with one attached hydrogen (secondary N) is 1. The largest absolute Gasteiger partial charge is 0.496 e. The number of benzene rings is 3. The molecule has 2 N–H and O–H groups in total. The zero-order valence-electron chi connectivity index (χ0n) is 16.8. The van der Waals surface area contributed by atoms with Crippen molar-refractivity contribution in [3.8, 4) is 17.1 Å². The van der Waals surface area contributed by atoms with Crippen molar-refractivity contribution in [2.75, 3.05) is 7.11 Å². The van der Waals surface area contributed by atoms with Crippen LogP contribution in [0.15, 0.2) is 76.2 Å². The van der Waals surface area contributed by atoms with Crippen molar-refractivity contribution in [2.45, 2.75) is 0 Å². The van der Waals surface area contributed by atoms with Crippen LogP contribution in [0.4, 0.5) is 0 Å². The molecule has 0 atom stereocenters. The molecule has 1 aromatic heterocycles. The van der Waals surface area contributed by atoms with E-state index in [1.807, 2.05) is 24.3 Å². The maximum atomic E-state index is 12.6. The van der Waals surface area contributed by atoms with E-state index in [1.165, 1.54) is 25.5 Å². The SMILES string of the molecule is COc1cc2ccccc2cc1C(=O)NN=Cc1ccc(-c2ccc(C(=O)O)c(Cl)c2)o1. The number of carbonyl (C=O) groups excluding carboxylic acids is 1. The first kappa shape index (κ1) is 21.1. The van der Waals surface area contributed by atoms with Gasteiger partial charge in [0.1, 0.15) is 17.3 Å². The number of aromatic carboxylic acids is 1. The number of carboxylic acids is 1. The van der Waals surface area contributed by atoms with Crippen molar-refractivity contribution in [1.82, 2.24) is 5.43 Å². The molecule has 0 saturated heterocycles. The van der Waals surface area contributed by atoms with Crippen LogP contribution in [0.3, 0.4) is 0 Å². The van der Waals surface area contributed by atoms with Gasteiger partial charge in [-0.15, -0.1) is 0 Å². The molecule has 0 fully saturated rings. The second-order valence-corrected chi connectivity index (χ2v) is 7.21. The second kappa shape index (κ2) is 8.95. The number of halogens is 1. The summed E-state index contributed by atoms with van der Waals surface area (Å²) < 4.78 is 11.0. The van der Waals surface area contributed by atoms with Crippen molar-refractivity contribution in [3.63, 3.8) is 0 Å². The molecule has 0 bridgehead atoms. The van der Waals surface area contributed by atoms with E-state index in [0.29, 0.717) is 28.4 Å². The Morgan fingerprint density at radius 2 is 1.78 bits per heavy atom. The number of ether oxygens (including phenoxy) is 1. The molecule has 32 heavy (non-hydrogen) atoms. The molecule has 3 aromatic carbocycles. The van der Waals surface area contributed by atoms with Gasteiger partial charge in [-0.3, -0.25) is 4.79 Å². The number of fused-ring (bicyclic) bond motifs is 1. The van der Waals surface area contributed by atoms with Gasteiger partial charge in [-0.2, -0.15) is 5.10 Å². The summed E-state index contributed by atoms with van der Waals surface area (Å²) in [4.78, 5) is 23.7. The third-order valence-electron chi connectivity index (χ3n) is 4.78. The fourth-order valence-electron chi connectivity index (χ4n) is 3.20. The third-order valence-corrected chi connectivity index (χ3v) is 5.09. The molecule has 0 aliphatic rings. The summed E-state index contributed by atoms with van der Waals surface area (Å²) in [7, 11) is 1.50. The Hall–Kier alpha value is -4.10. The van der Waals surface area contributed by atoms with Gasteiger partial charge in [0.05, 0.1) is 29.5 Å². The smallest absolute Gasteiger partial charge is 0.337 e. The number of hydrogen-bond acceptors (Lipinski definition) is 5. The summed E-state index contributed by atoms with van der Waals surface area (Å²) in [5.74, 6) is -0.213. The van der Waals surface area contributed by atoms with Gasteiger partial charge in [0.2, 0.25) is 0 Å². The zero-order valence-corrected chi connectivity index (χ0v) is 17.6. The molecule has 4 aromatic rings. The van der Waals surface area contributed by atoms with E-state index in [2.05, 4.69) is 10.5 Å². The van der Waals surface area contributed by atoms with Crippen LogP contribution in [0.25, 0.3) is 22.1 Å². The van der Waals surface area contributed by atoms with Crippen LogP contribution in [0, 0.1) is 0 Å². The van der Waals surface area contributed by atoms with Crippen molar-refractivity contribution in [2.24, 2.45) is 5.10 Å². The summed E-state index contributed by atoms with van der Waals surface area (Å²) in [5, 5.41) is 15.0. The van der Waals surface area contributed by atoms with Crippen LogP contribution < -0.4 is 10.2 Å². The average molecular weight is 449 g/mol. The third kappa shape index (κ3) is 4.33. The second-order valence-electron chi connectivity index (χ2n) is 6.80. The summed E-state index contributed by atoms with van der Waals surface area (Å²) >= 11 is 6.01. The monoisotopic (exact) mass is 448 g/mol. The number of rotatable bonds is 6. The van der Waals surface area contributed by atoms with Gasteiger partial charge in [0.15, 0.2) is 0 Å². The van der Waals surface area contributed by atoms with Crippen LogP contribution in [-0.4, -0.2) is 30.3 Å². The topological polar surface area (TPSA) is 101 Å². The van der Waals surface area contributed by atoms with E-state index in [1.54, 1.807) is 30.3 Å². The Kier molecular flexibility index (Phi) is 5.91. The van der Waals surface area contributed by atoms with Gasteiger partial charge < -0.3 is 14.3 Å². The summed E-state index contributed by atoms with van der Waals surface area (Å²) in [6.45, 7) is 0. The molecule has 8 heteroatoms. The Labute approximate surface area is 187 Å². The Balaban J connectivity index is 1.49. The molecule has 0 aliphatic carbocycles. The Morgan fingerprint density at radius 3 is 2.47 bits per heavy atom. The molecular formula is C24H17ClN2O5. The van der Waals surface area contributed by atoms with Gasteiger partial charge in [-0.25, -0.2) is 10.2 Å². The number of nitrogens with zero attached hydrogens (tertiary/aromatic N) is 1. The number of amides is 1. The van der Waals surface area contributed by atoms with Crippen molar-refractivity contribution in [3.05, 3.63) is 88.6 Å². The molecule has 0 spiro atoms. The van der Waals surface area contributed by atoms with E-state index >= 15 is 0 Å². The quantitative estimate of drug-likeness (QED) is 0.311. The fourth-order valence-corrected chi connectivity index (χ4v) is 3.46. The molecule has 0 saturated carbocycles. The van der Waals surface area contributed by atoms with Crippen molar-refractivity contribution in [1.29, 1.82) is 0 Å². The molecule has 7 nitrogen and oxygen atoms in total. The lowest BCUT2D eigenvalue weighted by molar-refractivity contribution is 0.0696. The minimum atomic E-state index is -1.10. The van der Waals surface area contributed by atoms with E-state index < -0.39 is 11.9 Å². The molecule has 0 aliphatic heterocycles. The molecule has 0 unspecified atom stereocenters. The highest BCUT2D eigenvalue weighted by atomic mass is 35.5. The number of furan rings is 1. The maximum absolute atomic E-state index is 12.6. The molecule has 160 valence electrons. The minimum absolute atomic E-state index is 0.00981. The highest BCUT2D eigenvalue weighted by Crippen LogP contribution is 2.28. The average Bonchev–Trinajstić information content (AvgIpc) is 3.26. The van der Waals surface area contributed by atoms with Crippen LogP contribution >= 0.6 is 11.6 Å². The predicted molar refractivity (Wildman–Crippen MR) is 122 cm³/mol. The first-order valence-electron chi connectivity index (χ1n) is 9.49. The molecule has 4 rings (SSSR count). The van der Waals surface area contributed by atoms with E-state index in [9.17, 15) is 9.59 Å². The summed E-state index contributed by atoms with van der Waals surface area (Å²) in [5.41, 5.74) is 3.45. The first-order chi connectivity index (χ1) is 15.5. The minimum Gasteiger partial charge on any atom is -0.496 e. The summed E-state index contributed by atoms with van der Waals surface area (Å²) in [6, 6.07) is 19.1. The van der Waals surface area contributed by atoms with Gasteiger partial charge >= 0.3 is 5.97 Å².